The molecule has 3 rings (SSSR count). The summed E-state index contributed by atoms with van der Waals surface area (Å²) in [5.74, 6) is -0.274. The van der Waals surface area contributed by atoms with E-state index in [1.54, 1.807) is 37.3 Å². The summed E-state index contributed by atoms with van der Waals surface area (Å²) in [6.45, 7) is 1.42. The average Bonchev–Trinajstić information content (AvgIpc) is 2.92. The molecule has 2 aromatic carbocycles. The second-order valence-corrected chi connectivity index (χ2v) is 5.71. The predicted molar refractivity (Wildman–Crippen MR) is 87.1 cm³/mol. The molecule has 0 spiro atoms. The summed E-state index contributed by atoms with van der Waals surface area (Å²) in [6.07, 6.45) is -4.53. The van der Waals surface area contributed by atoms with Gasteiger partial charge in [0.15, 0.2) is 0 Å². The molecular weight excluding hydrogens is 349 g/mol. The number of aromatic nitrogens is 4. The fourth-order valence-corrected chi connectivity index (χ4v) is 2.45. The van der Waals surface area contributed by atoms with Crippen LogP contribution in [0.5, 0.6) is 5.75 Å². The van der Waals surface area contributed by atoms with Crippen LogP contribution < -0.4 is 10.4 Å². The molecular formula is C17H15F3N4O2. The molecule has 0 atom stereocenters. The molecule has 0 saturated heterocycles. The number of alkyl halides is 3. The molecule has 0 saturated carbocycles. The van der Waals surface area contributed by atoms with E-state index in [0.717, 1.165) is 15.4 Å². The molecule has 0 aliphatic heterocycles. The molecule has 6 nitrogen and oxygen atoms in total. The summed E-state index contributed by atoms with van der Waals surface area (Å²) >= 11 is 0. The maximum atomic E-state index is 13.2. The van der Waals surface area contributed by atoms with Crippen LogP contribution in [0.3, 0.4) is 0 Å². The van der Waals surface area contributed by atoms with Gasteiger partial charge >= 0.3 is 11.9 Å². The number of halogens is 3. The van der Waals surface area contributed by atoms with Gasteiger partial charge in [-0.1, -0.05) is 29.8 Å². The topological polar surface area (TPSA) is 61.9 Å². The quantitative estimate of drug-likeness (QED) is 0.714. The SMILES string of the molecule is Cc1ccc(OCc2ccccc2-n2nnn(C)c2=O)c(C(F)(F)F)c1. The van der Waals surface area contributed by atoms with Gasteiger partial charge in [-0.05, 0) is 35.5 Å². The molecule has 0 amide bonds. The first-order chi connectivity index (χ1) is 12.3. The molecule has 0 unspecified atom stereocenters. The van der Waals surface area contributed by atoms with Gasteiger partial charge < -0.3 is 4.74 Å². The summed E-state index contributed by atoms with van der Waals surface area (Å²) in [5.41, 5.74) is 0.0710. The van der Waals surface area contributed by atoms with E-state index < -0.39 is 17.4 Å². The Morgan fingerprint density at radius 2 is 1.85 bits per heavy atom. The third-order valence-electron chi connectivity index (χ3n) is 3.77. The van der Waals surface area contributed by atoms with Crippen molar-refractivity contribution in [2.24, 2.45) is 7.05 Å². The molecule has 0 N–H and O–H groups in total. The minimum atomic E-state index is -4.53. The van der Waals surface area contributed by atoms with Crippen LogP contribution in [0.25, 0.3) is 5.69 Å². The monoisotopic (exact) mass is 364 g/mol. The standard InChI is InChI=1S/C17H15F3N4O2/c1-11-7-8-15(13(9-11)17(18,19)20)26-10-12-5-3-4-6-14(12)24-16(25)23(2)21-22-24/h3-9H,10H2,1-2H3. The minimum absolute atomic E-state index is 0.161. The van der Waals surface area contributed by atoms with Crippen molar-refractivity contribution in [2.45, 2.75) is 19.7 Å². The Morgan fingerprint density at radius 3 is 2.50 bits per heavy atom. The van der Waals surface area contributed by atoms with Crippen molar-refractivity contribution in [3.05, 3.63) is 69.6 Å². The van der Waals surface area contributed by atoms with Gasteiger partial charge in [0.05, 0.1) is 11.3 Å². The first-order valence-electron chi connectivity index (χ1n) is 7.65. The van der Waals surface area contributed by atoms with Crippen LogP contribution >= 0.6 is 0 Å². The third-order valence-corrected chi connectivity index (χ3v) is 3.77. The van der Waals surface area contributed by atoms with Gasteiger partial charge in [-0.15, -0.1) is 0 Å². The van der Waals surface area contributed by atoms with E-state index in [9.17, 15) is 18.0 Å². The maximum Gasteiger partial charge on any atom is 0.419 e. The van der Waals surface area contributed by atoms with Crippen molar-refractivity contribution < 1.29 is 17.9 Å². The predicted octanol–water partition coefficient (Wildman–Crippen LogP) is 2.87. The molecule has 0 aliphatic carbocycles. The summed E-state index contributed by atoms with van der Waals surface area (Å²) in [6, 6.07) is 10.5. The van der Waals surface area contributed by atoms with Crippen molar-refractivity contribution in [1.29, 1.82) is 0 Å². The number of para-hydroxylation sites is 1. The number of aryl methyl sites for hydroxylation is 2. The third kappa shape index (κ3) is 3.46. The zero-order chi connectivity index (χ0) is 18.9. The Hall–Kier alpha value is -3.10. The number of hydrogen-bond donors (Lipinski definition) is 0. The van der Waals surface area contributed by atoms with Crippen molar-refractivity contribution in [2.75, 3.05) is 0 Å². The van der Waals surface area contributed by atoms with Gasteiger partial charge in [0, 0.05) is 12.6 Å². The van der Waals surface area contributed by atoms with Crippen LogP contribution in [0.4, 0.5) is 13.2 Å². The Labute approximate surface area is 146 Å². The lowest BCUT2D eigenvalue weighted by Gasteiger charge is -2.15. The van der Waals surface area contributed by atoms with Gasteiger partial charge in [0.2, 0.25) is 0 Å². The normalized spacial score (nSPS) is 11.6. The van der Waals surface area contributed by atoms with Crippen LogP contribution in [0.2, 0.25) is 0 Å². The first kappa shape index (κ1) is 17.7. The van der Waals surface area contributed by atoms with Gasteiger partial charge in [0.1, 0.15) is 12.4 Å². The second-order valence-electron chi connectivity index (χ2n) is 5.71. The number of ether oxygens (including phenoxy) is 1. The minimum Gasteiger partial charge on any atom is -0.488 e. The van der Waals surface area contributed by atoms with Crippen LogP contribution in [-0.4, -0.2) is 19.8 Å². The largest absolute Gasteiger partial charge is 0.488 e. The second kappa shape index (κ2) is 6.66. The molecule has 3 aromatic rings. The Balaban J connectivity index is 1.93. The molecule has 1 aromatic heterocycles. The van der Waals surface area contributed by atoms with Gasteiger partial charge in [-0.3, -0.25) is 0 Å². The summed E-state index contributed by atoms with van der Waals surface area (Å²) < 4.78 is 47.2. The molecule has 9 heteroatoms. The van der Waals surface area contributed by atoms with Crippen LogP contribution in [0, 0.1) is 6.92 Å². The fourth-order valence-electron chi connectivity index (χ4n) is 2.45. The molecule has 1 heterocycles. The highest BCUT2D eigenvalue weighted by molar-refractivity contribution is 5.42. The molecule has 0 fully saturated rings. The number of nitrogens with zero attached hydrogens (tertiary/aromatic N) is 4. The van der Waals surface area contributed by atoms with Crippen LogP contribution in [-0.2, 0) is 19.8 Å². The molecule has 0 bridgehead atoms. The number of rotatable bonds is 4. The van der Waals surface area contributed by atoms with E-state index in [0.29, 0.717) is 16.8 Å². The molecule has 0 aliphatic rings. The van der Waals surface area contributed by atoms with Crippen LogP contribution in [0.1, 0.15) is 16.7 Å². The number of benzene rings is 2. The van der Waals surface area contributed by atoms with E-state index in [1.807, 2.05) is 0 Å². The lowest BCUT2D eigenvalue weighted by atomic mass is 10.1. The van der Waals surface area contributed by atoms with E-state index in [2.05, 4.69) is 10.4 Å². The highest BCUT2D eigenvalue weighted by Gasteiger charge is 2.34. The number of tetrazole rings is 1. The molecule has 26 heavy (non-hydrogen) atoms. The van der Waals surface area contributed by atoms with E-state index in [-0.39, 0.29) is 12.4 Å². The van der Waals surface area contributed by atoms with Crippen molar-refractivity contribution in [3.63, 3.8) is 0 Å². The summed E-state index contributed by atoms with van der Waals surface area (Å²) in [5, 5.41) is 7.39. The van der Waals surface area contributed by atoms with Crippen molar-refractivity contribution in [3.8, 4) is 11.4 Å². The van der Waals surface area contributed by atoms with Gasteiger partial charge in [0.25, 0.3) is 0 Å². The lowest BCUT2D eigenvalue weighted by Crippen LogP contribution is -2.23. The van der Waals surface area contributed by atoms with Crippen LogP contribution in [0.15, 0.2) is 47.3 Å². The number of hydrogen-bond acceptors (Lipinski definition) is 4. The zero-order valence-corrected chi connectivity index (χ0v) is 14.0. The molecule has 136 valence electrons. The maximum absolute atomic E-state index is 13.2. The first-order valence-corrected chi connectivity index (χ1v) is 7.65. The molecule has 0 radical (unpaired) electrons. The van der Waals surface area contributed by atoms with Gasteiger partial charge in [-0.25, -0.2) is 4.79 Å². The van der Waals surface area contributed by atoms with E-state index in [4.69, 9.17) is 4.74 Å². The van der Waals surface area contributed by atoms with E-state index >= 15 is 0 Å². The summed E-state index contributed by atoms with van der Waals surface area (Å²) in [4.78, 5) is 12.0. The fraction of sp³-hybridized carbons (Fsp3) is 0.235. The lowest BCUT2D eigenvalue weighted by molar-refractivity contribution is -0.139. The highest BCUT2D eigenvalue weighted by atomic mass is 19.4. The zero-order valence-electron chi connectivity index (χ0n) is 14.0. The van der Waals surface area contributed by atoms with E-state index in [1.165, 1.54) is 13.1 Å². The highest BCUT2D eigenvalue weighted by Crippen LogP contribution is 2.37. The van der Waals surface area contributed by atoms with Gasteiger partial charge in [-0.2, -0.15) is 22.5 Å². The Bertz CT molecular complexity index is 992. The van der Waals surface area contributed by atoms with Crippen molar-refractivity contribution in [1.82, 2.24) is 19.8 Å². The van der Waals surface area contributed by atoms with Crippen molar-refractivity contribution >= 4 is 0 Å². The smallest absolute Gasteiger partial charge is 0.419 e. The Kier molecular flexibility index (Phi) is 4.54. The summed E-state index contributed by atoms with van der Waals surface area (Å²) in [7, 11) is 1.45. The average molecular weight is 364 g/mol. The Morgan fingerprint density at radius 1 is 1.12 bits per heavy atom.